The van der Waals surface area contributed by atoms with Gasteiger partial charge in [0.15, 0.2) is 15.6 Å². The molecule has 2 heterocycles. The normalized spacial score (nSPS) is 17.8. The number of hydrogen-bond acceptors (Lipinski definition) is 5. The molecule has 1 aliphatic heterocycles. The van der Waals surface area contributed by atoms with Crippen molar-refractivity contribution in [3.63, 3.8) is 0 Å². The van der Waals surface area contributed by atoms with Crippen LogP contribution in [0.25, 0.3) is 0 Å². The van der Waals surface area contributed by atoms with Gasteiger partial charge in [-0.05, 0) is 56.2 Å². The zero-order valence-electron chi connectivity index (χ0n) is 13.3. The van der Waals surface area contributed by atoms with Gasteiger partial charge < -0.3 is 14.5 Å². The minimum absolute atomic E-state index is 0.00955. The minimum atomic E-state index is -3.39. The third kappa shape index (κ3) is 3.85. The zero-order chi connectivity index (χ0) is 17.2. The van der Waals surface area contributed by atoms with Crippen molar-refractivity contribution in [2.75, 3.05) is 17.7 Å². The van der Waals surface area contributed by atoms with Gasteiger partial charge in [-0.25, -0.2) is 8.42 Å². The Bertz CT molecular complexity index is 817. The van der Waals surface area contributed by atoms with Crippen LogP contribution < -0.4 is 5.32 Å². The van der Waals surface area contributed by atoms with Gasteiger partial charge in [0.05, 0.1) is 16.8 Å². The Morgan fingerprint density at radius 1 is 1.21 bits per heavy atom. The molecule has 0 aliphatic carbocycles. The van der Waals surface area contributed by atoms with Gasteiger partial charge in [-0.15, -0.1) is 0 Å². The maximum atomic E-state index is 12.4. The first-order valence-corrected chi connectivity index (χ1v) is 9.41. The van der Waals surface area contributed by atoms with Gasteiger partial charge >= 0.3 is 0 Å². The van der Waals surface area contributed by atoms with Crippen LogP contribution in [0.5, 0.6) is 0 Å². The van der Waals surface area contributed by atoms with E-state index in [-0.39, 0.29) is 28.4 Å². The van der Waals surface area contributed by atoms with Crippen molar-refractivity contribution in [3.05, 3.63) is 47.9 Å². The molecule has 0 unspecified atom stereocenters. The Morgan fingerprint density at radius 2 is 1.96 bits per heavy atom. The summed E-state index contributed by atoms with van der Waals surface area (Å²) in [5.41, 5.74) is 0.505. The highest BCUT2D eigenvalue weighted by Gasteiger charge is 2.24. The molecule has 0 bridgehead atoms. The number of hydrogen-bond donors (Lipinski definition) is 1. The maximum Gasteiger partial charge on any atom is 0.291 e. The summed E-state index contributed by atoms with van der Waals surface area (Å²) in [6.45, 7) is 2.38. The number of carbonyl (C=O) groups is 1. The summed E-state index contributed by atoms with van der Waals surface area (Å²) in [6, 6.07) is 9.41. The van der Waals surface area contributed by atoms with Crippen LogP contribution in [0.2, 0.25) is 0 Å². The molecule has 7 heteroatoms. The average Bonchev–Trinajstić information content (AvgIpc) is 3.19. The van der Waals surface area contributed by atoms with E-state index in [1.807, 2.05) is 0 Å². The SMILES string of the molecule is Cc1ccc(C(=O)Nc2ccc(S(=O)(=O)C[C@@H]3CCCO3)cc2)o1. The summed E-state index contributed by atoms with van der Waals surface area (Å²) in [5.74, 6) is 0.473. The summed E-state index contributed by atoms with van der Waals surface area (Å²) >= 11 is 0. The van der Waals surface area contributed by atoms with Gasteiger partial charge in [0.2, 0.25) is 0 Å². The number of furan rings is 1. The number of ether oxygens (including phenoxy) is 1. The van der Waals surface area contributed by atoms with Gasteiger partial charge in [0.25, 0.3) is 5.91 Å². The fraction of sp³-hybridized carbons (Fsp3) is 0.353. The van der Waals surface area contributed by atoms with Gasteiger partial charge in [-0.2, -0.15) is 0 Å². The van der Waals surface area contributed by atoms with E-state index in [0.29, 0.717) is 18.1 Å². The Labute approximate surface area is 140 Å². The summed E-state index contributed by atoms with van der Waals surface area (Å²) in [5, 5.41) is 2.67. The number of carbonyl (C=O) groups excluding carboxylic acids is 1. The molecule has 1 saturated heterocycles. The van der Waals surface area contributed by atoms with Crippen LogP contribution in [0.1, 0.15) is 29.2 Å². The molecule has 1 N–H and O–H groups in total. The van der Waals surface area contributed by atoms with Crippen molar-refractivity contribution in [3.8, 4) is 0 Å². The lowest BCUT2D eigenvalue weighted by atomic mass is 10.3. The quantitative estimate of drug-likeness (QED) is 0.897. The lowest BCUT2D eigenvalue weighted by Crippen LogP contribution is -2.20. The number of benzene rings is 1. The molecule has 128 valence electrons. The number of rotatable bonds is 5. The molecule has 6 nitrogen and oxygen atoms in total. The molecule has 1 amide bonds. The van der Waals surface area contributed by atoms with E-state index in [2.05, 4.69) is 5.32 Å². The third-order valence-electron chi connectivity index (χ3n) is 3.86. The highest BCUT2D eigenvalue weighted by atomic mass is 32.2. The van der Waals surface area contributed by atoms with E-state index in [9.17, 15) is 13.2 Å². The van der Waals surface area contributed by atoms with E-state index in [0.717, 1.165) is 12.8 Å². The molecular weight excluding hydrogens is 330 g/mol. The fourth-order valence-electron chi connectivity index (χ4n) is 2.61. The van der Waals surface area contributed by atoms with Crippen LogP contribution >= 0.6 is 0 Å². The lowest BCUT2D eigenvalue weighted by molar-refractivity contribution is 0.0995. The molecule has 24 heavy (non-hydrogen) atoms. The third-order valence-corrected chi connectivity index (χ3v) is 5.67. The number of anilines is 1. The Balaban J connectivity index is 1.67. The van der Waals surface area contributed by atoms with E-state index in [1.54, 1.807) is 31.2 Å². The van der Waals surface area contributed by atoms with E-state index in [1.165, 1.54) is 12.1 Å². The van der Waals surface area contributed by atoms with Crippen LogP contribution in [0, 0.1) is 6.92 Å². The van der Waals surface area contributed by atoms with Crippen molar-refractivity contribution in [2.45, 2.75) is 30.8 Å². The second-order valence-electron chi connectivity index (χ2n) is 5.81. The summed E-state index contributed by atoms with van der Waals surface area (Å²) in [4.78, 5) is 12.2. The standard InChI is InChI=1S/C17H19NO5S/c1-12-4-9-16(23-12)17(19)18-13-5-7-15(8-6-13)24(20,21)11-14-3-2-10-22-14/h4-9,14H,2-3,10-11H2,1H3,(H,18,19)/t14-/m0/s1. The molecule has 2 aromatic rings. The molecule has 3 rings (SSSR count). The first-order chi connectivity index (χ1) is 11.4. The van der Waals surface area contributed by atoms with Gasteiger partial charge in [-0.1, -0.05) is 0 Å². The summed E-state index contributed by atoms with van der Waals surface area (Å²) in [6.07, 6.45) is 1.45. The van der Waals surface area contributed by atoms with Crippen LogP contribution in [0.4, 0.5) is 5.69 Å². The van der Waals surface area contributed by atoms with Crippen molar-refractivity contribution >= 4 is 21.4 Å². The smallest absolute Gasteiger partial charge is 0.291 e. The molecule has 0 radical (unpaired) electrons. The van der Waals surface area contributed by atoms with E-state index < -0.39 is 9.84 Å². The fourth-order valence-corrected chi connectivity index (χ4v) is 4.11. The van der Waals surface area contributed by atoms with E-state index >= 15 is 0 Å². The maximum absolute atomic E-state index is 12.4. The van der Waals surface area contributed by atoms with Gasteiger partial charge in [-0.3, -0.25) is 4.79 Å². The molecule has 0 spiro atoms. The highest BCUT2D eigenvalue weighted by molar-refractivity contribution is 7.91. The molecular formula is C17H19NO5S. The van der Waals surface area contributed by atoms with Crippen LogP contribution in [0.15, 0.2) is 45.7 Å². The van der Waals surface area contributed by atoms with Crippen LogP contribution in [-0.4, -0.2) is 32.8 Å². The average molecular weight is 349 g/mol. The Kier molecular flexibility index (Phi) is 4.73. The van der Waals surface area contributed by atoms with Crippen molar-refractivity contribution in [1.82, 2.24) is 0 Å². The number of nitrogens with one attached hydrogen (secondary N) is 1. The lowest BCUT2D eigenvalue weighted by Gasteiger charge is -2.11. The van der Waals surface area contributed by atoms with Crippen LogP contribution in [0.3, 0.4) is 0 Å². The first-order valence-electron chi connectivity index (χ1n) is 7.76. The van der Waals surface area contributed by atoms with Gasteiger partial charge in [0, 0.05) is 12.3 Å². The number of amides is 1. The van der Waals surface area contributed by atoms with Crippen LogP contribution in [-0.2, 0) is 14.6 Å². The minimum Gasteiger partial charge on any atom is -0.456 e. The second kappa shape index (κ2) is 6.78. The van der Waals surface area contributed by atoms with Crippen molar-refractivity contribution in [2.24, 2.45) is 0 Å². The molecule has 1 aromatic carbocycles. The van der Waals surface area contributed by atoms with E-state index in [4.69, 9.17) is 9.15 Å². The predicted octanol–water partition coefficient (Wildman–Crippen LogP) is 2.79. The second-order valence-corrected chi connectivity index (χ2v) is 7.84. The topological polar surface area (TPSA) is 85.6 Å². The summed E-state index contributed by atoms with van der Waals surface area (Å²) in [7, 11) is -3.39. The number of sulfone groups is 1. The molecule has 1 aliphatic rings. The molecule has 0 saturated carbocycles. The highest BCUT2D eigenvalue weighted by Crippen LogP contribution is 2.21. The molecule has 1 fully saturated rings. The number of aryl methyl sites for hydroxylation is 1. The monoisotopic (exact) mass is 349 g/mol. The van der Waals surface area contributed by atoms with Crippen molar-refractivity contribution in [1.29, 1.82) is 0 Å². The molecule has 1 atom stereocenters. The Morgan fingerprint density at radius 3 is 2.54 bits per heavy atom. The largest absolute Gasteiger partial charge is 0.456 e. The predicted molar refractivity (Wildman–Crippen MR) is 88.9 cm³/mol. The first kappa shape index (κ1) is 16.7. The van der Waals surface area contributed by atoms with Crippen molar-refractivity contribution < 1.29 is 22.4 Å². The summed E-state index contributed by atoms with van der Waals surface area (Å²) < 4.78 is 35.4. The Hall–Kier alpha value is -2.12. The molecule has 1 aromatic heterocycles. The van der Waals surface area contributed by atoms with Gasteiger partial charge in [0.1, 0.15) is 5.76 Å². The zero-order valence-corrected chi connectivity index (χ0v) is 14.1.